The van der Waals surface area contributed by atoms with Gasteiger partial charge >= 0.3 is 12.1 Å². The van der Waals surface area contributed by atoms with Crippen molar-refractivity contribution in [3.05, 3.63) is 87.7 Å². The van der Waals surface area contributed by atoms with Crippen molar-refractivity contribution in [3.8, 4) is 11.3 Å². The van der Waals surface area contributed by atoms with E-state index in [1.807, 2.05) is 0 Å². The Morgan fingerprint density at radius 3 is 2.38 bits per heavy atom. The van der Waals surface area contributed by atoms with E-state index in [4.69, 9.17) is 9.52 Å². The van der Waals surface area contributed by atoms with Crippen LogP contribution < -0.4 is 5.01 Å². The number of alkyl halides is 3. The number of nitro benzene ring substituents is 1. The Labute approximate surface area is 188 Å². The molecule has 3 aromatic rings. The number of aromatic carboxylic acids is 1. The molecule has 2 heterocycles. The summed E-state index contributed by atoms with van der Waals surface area (Å²) in [7, 11) is 0. The van der Waals surface area contributed by atoms with Crippen LogP contribution in [0.15, 0.2) is 75.8 Å². The monoisotopic (exact) mass is 471 g/mol. The lowest BCUT2D eigenvalue weighted by Gasteiger charge is -2.11. The molecule has 1 aliphatic rings. The molecule has 34 heavy (non-hydrogen) atoms. The number of hydrazone groups is 1. The summed E-state index contributed by atoms with van der Waals surface area (Å²) in [6.07, 6.45) is -4.14. The molecule has 9 nitrogen and oxygen atoms in total. The lowest BCUT2D eigenvalue weighted by atomic mass is 10.1. The van der Waals surface area contributed by atoms with Crippen molar-refractivity contribution in [2.24, 2.45) is 5.10 Å². The van der Waals surface area contributed by atoms with E-state index in [0.717, 1.165) is 30.3 Å². The molecule has 1 amide bonds. The molecule has 0 radical (unpaired) electrons. The summed E-state index contributed by atoms with van der Waals surface area (Å²) in [5, 5.41) is 24.1. The van der Waals surface area contributed by atoms with Crippen LogP contribution >= 0.6 is 0 Å². The number of hydrogen-bond acceptors (Lipinski definition) is 6. The summed E-state index contributed by atoms with van der Waals surface area (Å²) < 4.78 is 46.3. The van der Waals surface area contributed by atoms with Gasteiger partial charge in [0, 0.05) is 6.07 Å². The minimum atomic E-state index is -4.98. The predicted octanol–water partition coefficient (Wildman–Crippen LogP) is 4.90. The second-order valence-corrected chi connectivity index (χ2v) is 6.95. The average molecular weight is 471 g/mol. The SMILES string of the molecule is O=C(O)c1ccc(N2N=C(C(F)(F)F)/C(=C/c3ccc(-c4ccccc4[N+](=O)[O-])o3)C2=O)cc1. The van der Waals surface area contributed by atoms with Crippen molar-refractivity contribution in [3.63, 3.8) is 0 Å². The summed E-state index contributed by atoms with van der Waals surface area (Å²) >= 11 is 0. The fourth-order valence-corrected chi connectivity index (χ4v) is 3.23. The first-order valence-corrected chi connectivity index (χ1v) is 9.45. The lowest BCUT2D eigenvalue weighted by Crippen LogP contribution is -2.25. The van der Waals surface area contributed by atoms with E-state index in [-0.39, 0.29) is 34.0 Å². The maximum Gasteiger partial charge on any atom is 0.435 e. The normalized spacial score (nSPS) is 15.0. The van der Waals surface area contributed by atoms with Gasteiger partial charge in [0.15, 0.2) is 5.71 Å². The molecular weight excluding hydrogens is 459 g/mol. The van der Waals surface area contributed by atoms with Gasteiger partial charge < -0.3 is 9.52 Å². The zero-order chi connectivity index (χ0) is 24.6. The van der Waals surface area contributed by atoms with Gasteiger partial charge in [-0.1, -0.05) is 12.1 Å². The van der Waals surface area contributed by atoms with Crippen molar-refractivity contribution in [2.45, 2.75) is 6.18 Å². The Morgan fingerprint density at radius 1 is 1.09 bits per heavy atom. The van der Waals surface area contributed by atoms with E-state index < -0.39 is 34.3 Å². The fraction of sp³-hybridized carbons (Fsp3) is 0.0455. The number of nitrogens with zero attached hydrogens (tertiary/aromatic N) is 3. The molecule has 1 aliphatic heterocycles. The Kier molecular flexibility index (Phi) is 5.49. The average Bonchev–Trinajstić information content (AvgIpc) is 3.39. The zero-order valence-corrected chi connectivity index (χ0v) is 16.8. The Morgan fingerprint density at radius 2 is 1.76 bits per heavy atom. The third kappa shape index (κ3) is 4.16. The van der Waals surface area contributed by atoms with Crippen molar-refractivity contribution in [1.82, 2.24) is 0 Å². The number of rotatable bonds is 5. The maximum absolute atomic E-state index is 13.6. The summed E-state index contributed by atoms with van der Waals surface area (Å²) in [5.41, 5.74) is -2.62. The van der Waals surface area contributed by atoms with Crippen molar-refractivity contribution >= 4 is 35.0 Å². The first kappa shape index (κ1) is 22.5. The van der Waals surface area contributed by atoms with Crippen molar-refractivity contribution in [1.29, 1.82) is 0 Å². The number of furan rings is 1. The van der Waals surface area contributed by atoms with E-state index in [2.05, 4.69) is 5.10 Å². The van der Waals surface area contributed by atoms with Gasteiger partial charge in [0.1, 0.15) is 11.5 Å². The largest absolute Gasteiger partial charge is 0.478 e. The minimum absolute atomic E-state index is 0.0243. The van der Waals surface area contributed by atoms with Crippen LogP contribution in [0.1, 0.15) is 16.1 Å². The van der Waals surface area contributed by atoms with Gasteiger partial charge in [0.2, 0.25) is 0 Å². The van der Waals surface area contributed by atoms with Crippen LogP contribution in [0, 0.1) is 10.1 Å². The number of anilines is 1. The Balaban J connectivity index is 1.72. The summed E-state index contributed by atoms with van der Waals surface area (Å²) in [5.74, 6) is -2.49. The van der Waals surface area contributed by atoms with E-state index in [1.54, 1.807) is 0 Å². The predicted molar refractivity (Wildman–Crippen MR) is 113 cm³/mol. The number of carbonyl (C=O) groups excluding carboxylic acids is 1. The molecule has 0 saturated carbocycles. The van der Waals surface area contributed by atoms with Gasteiger partial charge in [-0.3, -0.25) is 14.9 Å². The maximum atomic E-state index is 13.6. The van der Waals surface area contributed by atoms with Crippen LogP contribution in [0.2, 0.25) is 0 Å². The van der Waals surface area contributed by atoms with Crippen LogP contribution in [0.5, 0.6) is 0 Å². The number of carboxylic acids is 1. The van der Waals surface area contributed by atoms with E-state index in [1.165, 1.54) is 36.4 Å². The molecular formula is C22H12F3N3O6. The van der Waals surface area contributed by atoms with Gasteiger partial charge in [-0.05, 0) is 48.5 Å². The molecule has 12 heteroatoms. The third-order valence-corrected chi connectivity index (χ3v) is 4.78. The fourth-order valence-electron chi connectivity index (χ4n) is 3.23. The van der Waals surface area contributed by atoms with Gasteiger partial charge in [-0.25, -0.2) is 4.79 Å². The van der Waals surface area contributed by atoms with Crippen LogP contribution in [0.3, 0.4) is 0 Å². The smallest absolute Gasteiger partial charge is 0.435 e. The topological polar surface area (TPSA) is 126 Å². The molecule has 4 rings (SSSR count). The number of nitro groups is 1. The number of carbonyl (C=O) groups is 2. The summed E-state index contributed by atoms with van der Waals surface area (Å²) in [4.78, 5) is 34.4. The molecule has 0 saturated heterocycles. The molecule has 0 spiro atoms. The Hall–Kier alpha value is -4.74. The highest BCUT2D eigenvalue weighted by Gasteiger charge is 2.47. The second kappa shape index (κ2) is 8.31. The molecule has 0 atom stereocenters. The number of halogens is 3. The summed E-state index contributed by atoms with van der Waals surface area (Å²) in [6, 6.07) is 12.8. The first-order chi connectivity index (χ1) is 16.1. The van der Waals surface area contributed by atoms with Crippen molar-refractivity contribution < 1.29 is 37.2 Å². The van der Waals surface area contributed by atoms with E-state index in [9.17, 15) is 32.9 Å². The minimum Gasteiger partial charge on any atom is -0.478 e. The Bertz CT molecular complexity index is 1370. The number of para-hydroxylation sites is 1. The molecule has 1 N–H and O–H groups in total. The molecule has 0 unspecified atom stereocenters. The molecule has 2 aromatic carbocycles. The highest BCUT2D eigenvalue weighted by Crippen LogP contribution is 2.35. The molecule has 0 aliphatic carbocycles. The van der Waals surface area contributed by atoms with Crippen LogP contribution in [-0.2, 0) is 4.79 Å². The molecule has 1 aromatic heterocycles. The van der Waals surface area contributed by atoms with Crippen LogP contribution in [-0.4, -0.2) is 33.8 Å². The number of amides is 1. The van der Waals surface area contributed by atoms with Gasteiger partial charge in [0.25, 0.3) is 11.6 Å². The van der Waals surface area contributed by atoms with Crippen molar-refractivity contribution in [2.75, 3.05) is 5.01 Å². The second-order valence-electron chi connectivity index (χ2n) is 6.95. The molecule has 0 fully saturated rings. The summed E-state index contributed by atoms with van der Waals surface area (Å²) in [6.45, 7) is 0. The highest BCUT2D eigenvalue weighted by atomic mass is 19.4. The van der Waals surface area contributed by atoms with Crippen LogP contribution in [0.4, 0.5) is 24.5 Å². The van der Waals surface area contributed by atoms with E-state index >= 15 is 0 Å². The van der Waals surface area contributed by atoms with Gasteiger partial charge in [-0.2, -0.15) is 23.3 Å². The standard InChI is InChI=1S/C22H12F3N3O6/c23-22(24,25)19-16(20(29)27(26-19)13-7-5-12(6-8-13)21(30)31)11-14-9-10-18(34-14)15-3-1-2-4-17(15)28(32)33/h1-11H,(H,30,31)/b16-11-. The molecule has 0 bridgehead atoms. The van der Waals surface area contributed by atoms with Gasteiger partial charge in [-0.15, -0.1) is 0 Å². The first-order valence-electron chi connectivity index (χ1n) is 9.45. The van der Waals surface area contributed by atoms with Crippen LogP contribution in [0.25, 0.3) is 17.4 Å². The highest BCUT2D eigenvalue weighted by molar-refractivity contribution is 6.34. The lowest BCUT2D eigenvalue weighted by molar-refractivity contribution is -0.384. The number of carboxylic acid groups (broad SMARTS) is 1. The number of benzene rings is 2. The zero-order valence-electron chi connectivity index (χ0n) is 16.8. The quantitative estimate of drug-likeness (QED) is 0.320. The third-order valence-electron chi connectivity index (χ3n) is 4.78. The van der Waals surface area contributed by atoms with E-state index in [0.29, 0.717) is 5.01 Å². The number of hydrogen-bond donors (Lipinski definition) is 1. The molecule has 172 valence electrons. The van der Waals surface area contributed by atoms with Gasteiger partial charge in [0.05, 0.1) is 27.3 Å².